The Labute approximate surface area is 205 Å². The van der Waals surface area contributed by atoms with Crippen molar-refractivity contribution >= 4 is 23.5 Å². The van der Waals surface area contributed by atoms with Crippen molar-refractivity contribution < 1.29 is 19.1 Å². The Morgan fingerprint density at radius 1 is 0.794 bits per heavy atom. The lowest BCUT2D eigenvalue weighted by Crippen LogP contribution is -2.34. The van der Waals surface area contributed by atoms with Crippen molar-refractivity contribution in [2.75, 3.05) is 34.4 Å². The van der Waals surface area contributed by atoms with Crippen LogP contribution in [0.4, 0.5) is 5.69 Å². The highest BCUT2D eigenvalue weighted by atomic mass is 16.5. The third kappa shape index (κ3) is 11.3. The summed E-state index contributed by atoms with van der Waals surface area (Å²) in [6.45, 7) is 2.74. The maximum atomic E-state index is 12.0. The zero-order chi connectivity index (χ0) is 24.8. The maximum Gasteiger partial charge on any atom is 0.310 e. The lowest BCUT2D eigenvalue weighted by atomic mass is 10.1. The monoisotopic (exact) mass is 466 g/mol. The minimum atomic E-state index is -0.155. The van der Waals surface area contributed by atoms with E-state index in [-0.39, 0.29) is 11.8 Å². The quantitative estimate of drug-likeness (QED) is 0.140. The number of hydrogen-bond donors (Lipinski definition) is 0. The first-order valence-corrected chi connectivity index (χ1v) is 12.2. The molecule has 0 bridgehead atoms. The van der Waals surface area contributed by atoms with Crippen LogP contribution in [0.1, 0.15) is 56.6 Å². The molecule has 0 amide bonds. The number of hydrogen-bond acceptors (Lipinski definition) is 4. The molecule has 0 aliphatic heterocycles. The van der Waals surface area contributed by atoms with E-state index in [1.807, 2.05) is 36.4 Å². The van der Waals surface area contributed by atoms with Crippen LogP contribution in [0, 0.1) is 0 Å². The van der Waals surface area contributed by atoms with E-state index in [9.17, 15) is 9.59 Å². The van der Waals surface area contributed by atoms with Crippen LogP contribution in [0.25, 0.3) is 6.08 Å². The summed E-state index contributed by atoms with van der Waals surface area (Å²) < 4.78 is 11.9. The first-order valence-electron chi connectivity index (χ1n) is 12.2. The Balaban J connectivity index is 1.47. The summed E-state index contributed by atoms with van der Waals surface area (Å²) in [5.74, 6) is 0.739. The molecule has 0 fully saturated rings. The van der Waals surface area contributed by atoms with Gasteiger partial charge in [0.05, 0.1) is 40.8 Å². The number of carbonyl (C=O) groups excluding carboxylic acids is 2. The summed E-state index contributed by atoms with van der Waals surface area (Å²) in [5, 5.41) is 0. The molecule has 0 aliphatic rings. The molecule has 184 valence electrons. The molecular weight excluding hydrogens is 426 g/mol. The van der Waals surface area contributed by atoms with E-state index < -0.39 is 0 Å². The number of rotatable bonds is 15. The van der Waals surface area contributed by atoms with Gasteiger partial charge in [0.15, 0.2) is 5.78 Å². The van der Waals surface area contributed by atoms with Gasteiger partial charge in [0.1, 0.15) is 11.4 Å². The Hall–Kier alpha value is -2.92. The molecule has 2 aromatic carbocycles. The van der Waals surface area contributed by atoms with Crippen molar-refractivity contribution in [2.24, 2.45) is 0 Å². The highest BCUT2D eigenvalue weighted by Crippen LogP contribution is 2.18. The summed E-state index contributed by atoms with van der Waals surface area (Å²) in [6.07, 6.45) is 10.1. The molecule has 0 saturated carbocycles. The average Bonchev–Trinajstić information content (AvgIpc) is 2.79. The van der Waals surface area contributed by atoms with Crippen LogP contribution in [0.3, 0.4) is 0 Å². The maximum absolute atomic E-state index is 12.0. The molecule has 0 aromatic heterocycles. The Bertz CT molecular complexity index is 909. The largest absolute Gasteiger partial charge is 0.494 e. The van der Waals surface area contributed by atoms with Crippen LogP contribution in [-0.4, -0.2) is 46.1 Å². The molecule has 0 unspecified atom stereocenters. The molecule has 0 aliphatic carbocycles. The van der Waals surface area contributed by atoms with Gasteiger partial charge in [-0.3, -0.25) is 14.1 Å². The summed E-state index contributed by atoms with van der Waals surface area (Å²) in [7, 11) is 6.36. The number of nitrogens with zero attached hydrogens (tertiary/aromatic N) is 1. The van der Waals surface area contributed by atoms with Gasteiger partial charge in [0.25, 0.3) is 0 Å². The van der Waals surface area contributed by atoms with Gasteiger partial charge in [0, 0.05) is 0 Å². The van der Waals surface area contributed by atoms with E-state index in [1.165, 1.54) is 12.6 Å². The van der Waals surface area contributed by atoms with Crippen molar-refractivity contribution in [1.29, 1.82) is 0 Å². The minimum absolute atomic E-state index is 0.0404. The van der Waals surface area contributed by atoms with Crippen molar-refractivity contribution in [2.45, 2.75) is 51.9 Å². The van der Waals surface area contributed by atoms with Crippen molar-refractivity contribution in [3.63, 3.8) is 0 Å². The second-order valence-corrected chi connectivity index (χ2v) is 9.56. The Morgan fingerprint density at radius 3 is 1.97 bits per heavy atom. The number of allylic oxidation sites excluding steroid dienone is 1. The topological polar surface area (TPSA) is 52.6 Å². The fourth-order valence-corrected chi connectivity index (χ4v) is 3.45. The van der Waals surface area contributed by atoms with Crippen molar-refractivity contribution in [1.82, 2.24) is 4.48 Å². The summed E-state index contributed by atoms with van der Waals surface area (Å²) >= 11 is 0. The van der Waals surface area contributed by atoms with Gasteiger partial charge in [0.2, 0.25) is 0 Å². The lowest BCUT2D eigenvalue weighted by Gasteiger charge is -2.23. The van der Waals surface area contributed by atoms with Crippen LogP contribution in [-0.2, 0) is 20.7 Å². The van der Waals surface area contributed by atoms with Crippen molar-refractivity contribution in [3.05, 3.63) is 65.7 Å². The van der Waals surface area contributed by atoms with Gasteiger partial charge in [-0.1, -0.05) is 56.0 Å². The van der Waals surface area contributed by atoms with E-state index in [0.717, 1.165) is 59.9 Å². The molecular formula is C29H40NO4+. The first-order chi connectivity index (χ1) is 16.2. The number of benzene rings is 2. The highest BCUT2D eigenvalue weighted by molar-refractivity contribution is 5.91. The average molecular weight is 467 g/mol. The van der Waals surface area contributed by atoms with Crippen LogP contribution >= 0.6 is 0 Å². The van der Waals surface area contributed by atoms with Crippen LogP contribution in [0.15, 0.2) is 54.6 Å². The SMILES string of the molecule is CC(=O)/C=C/c1ccc(OCCCCCCCCOC(=O)Cc2ccc([N+](C)(C)C)cc2)cc1. The third-order valence-electron chi connectivity index (χ3n) is 5.52. The number of ether oxygens (including phenoxy) is 2. The molecule has 0 atom stereocenters. The minimum Gasteiger partial charge on any atom is -0.494 e. The van der Waals surface area contributed by atoms with E-state index in [4.69, 9.17) is 9.47 Å². The number of unbranched alkanes of at least 4 members (excludes halogenated alkanes) is 5. The zero-order valence-electron chi connectivity index (χ0n) is 21.2. The van der Waals surface area contributed by atoms with E-state index in [0.29, 0.717) is 19.6 Å². The van der Waals surface area contributed by atoms with Crippen LogP contribution in [0.5, 0.6) is 5.75 Å². The predicted octanol–water partition coefficient (Wildman–Crippen LogP) is 5.99. The number of ketones is 1. The zero-order valence-corrected chi connectivity index (χ0v) is 21.2. The van der Waals surface area contributed by atoms with Crippen molar-refractivity contribution in [3.8, 4) is 5.75 Å². The first kappa shape index (κ1) is 27.3. The number of esters is 1. The molecule has 2 aromatic rings. The van der Waals surface area contributed by atoms with Gasteiger partial charge in [-0.05, 0) is 61.2 Å². The second-order valence-electron chi connectivity index (χ2n) is 9.56. The predicted molar refractivity (Wildman–Crippen MR) is 140 cm³/mol. The van der Waals surface area contributed by atoms with Gasteiger partial charge in [-0.2, -0.15) is 0 Å². The summed E-state index contributed by atoms with van der Waals surface area (Å²) in [6, 6.07) is 15.9. The summed E-state index contributed by atoms with van der Waals surface area (Å²) in [4.78, 5) is 23.0. The van der Waals surface area contributed by atoms with E-state index in [2.05, 4.69) is 33.3 Å². The fraction of sp³-hybridized carbons (Fsp3) is 0.448. The van der Waals surface area contributed by atoms with Crippen LogP contribution in [0.2, 0.25) is 0 Å². The normalized spacial score (nSPS) is 11.5. The molecule has 34 heavy (non-hydrogen) atoms. The molecule has 0 saturated heterocycles. The van der Waals surface area contributed by atoms with Gasteiger partial charge >= 0.3 is 5.97 Å². The number of carbonyl (C=O) groups is 2. The Kier molecular flexibility index (Phi) is 11.5. The molecule has 5 heteroatoms. The summed E-state index contributed by atoms with van der Waals surface area (Å²) in [5.41, 5.74) is 3.19. The smallest absolute Gasteiger partial charge is 0.310 e. The molecule has 0 N–H and O–H groups in total. The lowest BCUT2D eigenvalue weighted by molar-refractivity contribution is -0.143. The van der Waals surface area contributed by atoms with Gasteiger partial charge < -0.3 is 9.47 Å². The molecule has 0 radical (unpaired) electrons. The van der Waals surface area contributed by atoms with E-state index >= 15 is 0 Å². The molecule has 0 heterocycles. The van der Waals surface area contributed by atoms with E-state index in [1.54, 1.807) is 12.2 Å². The standard InChI is InChI=1S/C29H40NO4/c1-24(31)11-12-25-15-19-28(20-16-25)33-21-9-7-5-6-8-10-22-34-29(32)23-26-13-17-27(18-14-26)30(2,3)4/h11-20H,5-10,21-23H2,1-4H3/q+1/b12-11+. The molecule has 5 nitrogen and oxygen atoms in total. The highest BCUT2D eigenvalue weighted by Gasteiger charge is 2.12. The van der Waals surface area contributed by atoms with Crippen LogP contribution < -0.4 is 9.22 Å². The second kappa shape index (κ2) is 14.4. The Morgan fingerprint density at radius 2 is 1.38 bits per heavy atom. The van der Waals surface area contributed by atoms with Gasteiger partial charge in [-0.25, -0.2) is 0 Å². The number of quaternary nitrogens is 1. The third-order valence-corrected chi connectivity index (χ3v) is 5.52. The molecule has 0 spiro atoms. The fourth-order valence-electron chi connectivity index (χ4n) is 3.45. The molecule has 2 rings (SSSR count). The van der Waals surface area contributed by atoms with Gasteiger partial charge in [-0.15, -0.1) is 0 Å².